The molecule has 0 N–H and O–H groups in total. The van der Waals surface area contributed by atoms with Crippen molar-refractivity contribution < 1.29 is 9.59 Å². The minimum Gasteiger partial charge on any atom is -0.267 e. The van der Waals surface area contributed by atoms with E-state index in [2.05, 4.69) is 10.1 Å². The summed E-state index contributed by atoms with van der Waals surface area (Å²) in [6.45, 7) is 2.04. The molecule has 0 bridgehead atoms. The second-order valence-corrected chi connectivity index (χ2v) is 7.55. The van der Waals surface area contributed by atoms with Gasteiger partial charge in [0.1, 0.15) is 4.88 Å². The zero-order valence-electron chi connectivity index (χ0n) is 15.3. The molecular weight excluding hydrogens is 388 g/mol. The van der Waals surface area contributed by atoms with E-state index in [0.29, 0.717) is 11.3 Å². The van der Waals surface area contributed by atoms with Crippen molar-refractivity contribution in [1.82, 2.24) is 14.6 Å². The highest BCUT2D eigenvalue weighted by molar-refractivity contribution is 7.19. The Bertz CT molecular complexity index is 1340. The third-order valence-corrected chi connectivity index (χ3v) is 5.87. The van der Waals surface area contributed by atoms with Gasteiger partial charge in [0, 0.05) is 5.56 Å². The molecule has 2 amide bonds. The van der Waals surface area contributed by atoms with Crippen molar-refractivity contribution in [2.45, 2.75) is 13.3 Å². The van der Waals surface area contributed by atoms with Crippen molar-refractivity contribution in [3.63, 3.8) is 0 Å². The highest BCUT2D eigenvalue weighted by Crippen LogP contribution is 2.33. The average molecular weight is 402 g/mol. The maximum atomic E-state index is 13.1. The second-order valence-electron chi connectivity index (χ2n) is 6.57. The number of thiazole rings is 1. The summed E-state index contributed by atoms with van der Waals surface area (Å²) in [7, 11) is 0. The van der Waals surface area contributed by atoms with Gasteiger partial charge in [-0.15, -0.1) is 0 Å². The Kier molecular flexibility index (Phi) is 3.88. The van der Waals surface area contributed by atoms with Gasteiger partial charge in [-0.05, 0) is 24.1 Å². The van der Waals surface area contributed by atoms with Crippen LogP contribution in [0.3, 0.4) is 0 Å². The lowest BCUT2D eigenvalue weighted by Gasteiger charge is -2.14. The van der Waals surface area contributed by atoms with Gasteiger partial charge in [0.2, 0.25) is 4.96 Å². The number of amides is 2. The SMILES string of the molecule is CCc1ccc(N2C(=O)c3sc4nc(=O)c(-c5ccccc5)nn4c3C2=O)cc1. The van der Waals surface area contributed by atoms with Crippen LogP contribution in [0.4, 0.5) is 5.69 Å². The number of aryl methyl sites for hydroxylation is 1. The molecule has 142 valence electrons. The molecule has 5 rings (SSSR count). The van der Waals surface area contributed by atoms with E-state index in [1.54, 1.807) is 36.4 Å². The fraction of sp³-hybridized carbons (Fsp3) is 0.0952. The standard InChI is InChI=1S/C21H14N4O3S/c1-2-12-8-10-14(11-9-12)24-19(27)16-17(20(24)28)29-21-22-18(26)15(23-25(16)21)13-6-4-3-5-7-13/h3-11H,2H2,1H3. The maximum Gasteiger partial charge on any atom is 0.300 e. The maximum absolute atomic E-state index is 13.1. The normalized spacial score (nSPS) is 13.3. The van der Waals surface area contributed by atoms with Crippen molar-refractivity contribution >= 4 is 33.8 Å². The van der Waals surface area contributed by atoms with Gasteiger partial charge in [0.05, 0.1) is 5.69 Å². The van der Waals surface area contributed by atoms with Gasteiger partial charge in [0.25, 0.3) is 11.8 Å². The second kappa shape index (κ2) is 6.46. The third kappa shape index (κ3) is 2.60. The molecule has 7 nitrogen and oxygen atoms in total. The van der Waals surface area contributed by atoms with Crippen LogP contribution in [0.1, 0.15) is 32.6 Å². The number of carbonyl (C=O) groups excluding carboxylic acids is 2. The van der Waals surface area contributed by atoms with Gasteiger partial charge in [0.15, 0.2) is 11.4 Å². The molecule has 4 aromatic rings. The number of benzene rings is 2. The van der Waals surface area contributed by atoms with Crippen LogP contribution in [0, 0.1) is 0 Å². The first-order chi connectivity index (χ1) is 14.1. The molecule has 0 spiro atoms. The number of rotatable bonds is 3. The fourth-order valence-corrected chi connectivity index (χ4v) is 4.32. The van der Waals surface area contributed by atoms with E-state index in [1.807, 2.05) is 25.1 Å². The van der Waals surface area contributed by atoms with E-state index in [0.717, 1.165) is 28.2 Å². The van der Waals surface area contributed by atoms with Crippen LogP contribution in [-0.2, 0) is 6.42 Å². The predicted octanol–water partition coefficient (Wildman–Crippen LogP) is 3.18. The predicted molar refractivity (Wildman–Crippen MR) is 110 cm³/mol. The molecule has 0 fully saturated rings. The van der Waals surface area contributed by atoms with Gasteiger partial charge >= 0.3 is 5.56 Å². The fourth-order valence-electron chi connectivity index (χ4n) is 3.35. The Labute approximate surface area is 168 Å². The Morgan fingerprint density at radius 3 is 2.34 bits per heavy atom. The number of carbonyl (C=O) groups is 2. The summed E-state index contributed by atoms with van der Waals surface area (Å²) < 4.78 is 1.31. The Morgan fingerprint density at radius 2 is 1.66 bits per heavy atom. The number of imide groups is 1. The number of hydrogen-bond acceptors (Lipinski definition) is 6. The van der Waals surface area contributed by atoms with E-state index in [4.69, 9.17) is 0 Å². The summed E-state index contributed by atoms with van der Waals surface area (Å²) in [6, 6.07) is 16.2. The molecule has 0 aliphatic carbocycles. The zero-order valence-corrected chi connectivity index (χ0v) is 16.1. The van der Waals surface area contributed by atoms with Crippen LogP contribution in [0.5, 0.6) is 0 Å². The van der Waals surface area contributed by atoms with E-state index in [1.165, 1.54) is 4.52 Å². The van der Waals surface area contributed by atoms with Crippen LogP contribution in [0.2, 0.25) is 0 Å². The zero-order chi connectivity index (χ0) is 20.1. The molecule has 0 radical (unpaired) electrons. The lowest BCUT2D eigenvalue weighted by Crippen LogP contribution is -2.30. The molecule has 1 aliphatic rings. The topological polar surface area (TPSA) is 84.6 Å². The highest BCUT2D eigenvalue weighted by atomic mass is 32.1. The van der Waals surface area contributed by atoms with Crippen LogP contribution < -0.4 is 10.5 Å². The molecule has 29 heavy (non-hydrogen) atoms. The van der Waals surface area contributed by atoms with E-state index < -0.39 is 17.4 Å². The van der Waals surface area contributed by atoms with Gasteiger partial charge in [-0.25, -0.2) is 4.90 Å². The summed E-state index contributed by atoms with van der Waals surface area (Å²) in [5, 5.41) is 4.37. The molecule has 0 saturated heterocycles. The summed E-state index contributed by atoms with van der Waals surface area (Å²) in [4.78, 5) is 44.1. The average Bonchev–Trinajstić information content (AvgIpc) is 3.23. The summed E-state index contributed by atoms with van der Waals surface area (Å²) in [5.41, 5.74) is 2.00. The first kappa shape index (κ1) is 17.4. The quantitative estimate of drug-likeness (QED) is 0.492. The minimum atomic E-state index is -0.497. The Morgan fingerprint density at radius 1 is 0.931 bits per heavy atom. The van der Waals surface area contributed by atoms with Crippen molar-refractivity contribution in [2.24, 2.45) is 0 Å². The monoisotopic (exact) mass is 402 g/mol. The summed E-state index contributed by atoms with van der Waals surface area (Å²) >= 11 is 1.000. The molecule has 0 saturated carbocycles. The van der Waals surface area contributed by atoms with Crippen LogP contribution in [0.15, 0.2) is 59.4 Å². The van der Waals surface area contributed by atoms with Crippen molar-refractivity contribution in [2.75, 3.05) is 4.90 Å². The third-order valence-electron chi connectivity index (χ3n) is 4.85. The lowest BCUT2D eigenvalue weighted by molar-refractivity contribution is 0.0924. The van der Waals surface area contributed by atoms with Gasteiger partial charge in [-0.3, -0.25) is 14.4 Å². The van der Waals surface area contributed by atoms with E-state index >= 15 is 0 Å². The molecule has 0 unspecified atom stereocenters. The number of anilines is 1. The van der Waals surface area contributed by atoms with Crippen LogP contribution >= 0.6 is 11.3 Å². The smallest absolute Gasteiger partial charge is 0.267 e. The first-order valence-electron chi connectivity index (χ1n) is 9.05. The Balaban J connectivity index is 1.65. The van der Waals surface area contributed by atoms with Crippen molar-refractivity contribution in [3.8, 4) is 11.3 Å². The van der Waals surface area contributed by atoms with Crippen LogP contribution in [-0.4, -0.2) is 26.4 Å². The number of nitrogens with zero attached hydrogens (tertiary/aromatic N) is 4. The molecule has 1 aliphatic heterocycles. The van der Waals surface area contributed by atoms with Gasteiger partial charge in [-0.2, -0.15) is 14.6 Å². The summed E-state index contributed by atoms with van der Waals surface area (Å²) in [5.74, 6) is -0.905. The molecule has 0 atom stereocenters. The number of fused-ring (bicyclic) bond motifs is 3. The molecule has 3 heterocycles. The Hall–Kier alpha value is -3.65. The van der Waals surface area contributed by atoms with Gasteiger partial charge < -0.3 is 0 Å². The minimum absolute atomic E-state index is 0.134. The van der Waals surface area contributed by atoms with Gasteiger partial charge in [-0.1, -0.05) is 60.7 Å². The molecule has 2 aromatic carbocycles. The molecule has 2 aromatic heterocycles. The summed E-state index contributed by atoms with van der Waals surface area (Å²) in [6.07, 6.45) is 0.866. The molecular formula is C21H14N4O3S. The molecule has 8 heteroatoms. The highest BCUT2D eigenvalue weighted by Gasteiger charge is 2.41. The van der Waals surface area contributed by atoms with Crippen molar-refractivity contribution in [1.29, 1.82) is 0 Å². The number of aromatic nitrogens is 3. The van der Waals surface area contributed by atoms with E-state index in [-0.39, 0.29) is 21.2 Å². The lowest BCUT2D eigenvalue weighted by atomic mass is 10.1. The van der Waals surface area contributed by atoms with Crippen molar-refractivity contribution in [3.05, 3.63) is 81.1 Å². The number of hydrogen-bond donors (Lipinski definition) is 0. The first-order valence-corrected chi connectivity index (χ1v) is 9.87. The van der Waals surface area contributed by atoms with E-state index in [9.17, 15) is 14.4 Å². The largest absolute Gasteiger partial charge is 0.300 e. The van der Waals surface area contributed by atoms with Crippen LogP contribution in [0.25, 0.3) is 16.2 Å².